The van der Waals surface area contributed by atoms with Crippen LogP contribution in [0.4, 0.5) is 0 Å². The van der Waals surface area contributed by atoms with Crippen LogP contribution >= 0.6 is 0 Å². The predicted molar refractivity (Wildman–Crippen MR) is 75.0 cm³/mol. The monoisotopic (exact) mass is 272 g/mol. The largest absolute Gasteiger partial charge is 0.339 e. The smallest absolute Gasteiger partial charge is 0.227 e. The van der Waals surface area contributed by atoms with Gasteiger partial charge < -0.3 is 10.3 Å². The lowest BCUT2D eigenvalue weighted by atomic mass is 9.98. The maximum absolute atomic E-state index is 6.34. The second kappa shape index (κ2) is 5.32. The van der Waals surface area contributed by atoms with Crippen LogP contribution in [-0.2, 0) is 12.0 Å². The molecule has 0 spiro atoms. The molecule has 2 heterocycles. The van der Waals surface area contributed by atoms with E-state index in [2.05, 4.69) is 28.1 Å². The first kappa shape index (κ1) is 13.2. The van der Waals surface area contributed by atoms with E-state index in [1.54, 1.807) is 6.20 Å². The van der Waals surface area contributed by atoms with Gasteiger partial charge in [-0.3, -0.25) is 4.98 Å². The molecule has 3 rings (SSSR count). The topological polar surface area (TPSA) is 77.8 Å². The zero-order valence-electron chi connectivity index (χ0n) is 11.7. The van der Waals surface area contributed by atoms with Crippen LogP contribution in [0.15, 0.2) is 29.0 Å². The van der Waals surface area contributed by atoms with Crippen LogP contribution in [0.5, 0.6) is 0 Å². The molecule has 2 aromatic rings. The first-order chi connectivity index (χ1) is 9.67. The van der Waals surface area contributed by atoms with Gasteiger partial charge in [0.05, 0.1) is 5.54 Å². The summed E-state index contributed by atoms with van der Waals surface area (Å²) >= 11 is 0. The molecule has 1 atom stereocenters. The lowest BCUT2D eigenvalue weighted by Gasteiger charge is -2.17. The number of aromatic nitrogens is 3. The summed E-state index contributed by atoms with van der Waals surface area (Å²) in [6.45, 7) is 2.13. The van der Waals surface area contributed by atoms with E-state index in [9.17, 15) is 0 Å². The van der Waals surface area contributed by atoms with E-state index >= 15 is 0 Å². The van der Waals surface area contributed by atoms with Gasteiger partial charge in [0.2, 0.25) is 5.89 Å². The van der Waals surface area contributed by atoms with E-state index in [-0.39, 0.29) is 5.54 Å². The summed E-state index contributed by atoms with van der Waals surface area (Å²) in [7, 11) is 0. The summed E-state index contributed by atoms with van der Waals surface area (Å²) in [5, 5.41) is 4.09. The number of rotatable bonds is 4. The number of nitrogens with two attached hydrogens (primary N) is 1. The Labute approximate surface area is 118 Å². The van der Waals surface area contributed by atoms with Gasteiger partial charge in [0.25, 0.3) is 0 Å². The van der Waals surface area contributed by atoms with Gasteiger partial charge in [-0.2, -0.15) is 4.98 Å². The summed E-state index contributed by atoms with van der Waals surface area (Å²) in [6, 6.07) is 4.01. The van der Waals surface area contributed by atoms with Gasteiger partial charge in [0, 0.05) is 18.8 Å². The Hall–Kier alpha value is -1.75. The van der Waals surface area contributed by atoms with Gasteiger partial charge in [-0.05, 0) is 30.4 Å². The van der Waals surface area contributed by atoms with E-state index in [1.807, 2.05) is 12.3 Å². The van der Waals surface area contributed by atoms with Crippen LogP contribution in [0, 0.1) is 0 Å². The molecule has 20 heavy (non-hydrogen) atoms. The minimum atomic E-state index is -0.376. The molecule has 1 aliphatic carbocycles. The van der Waals surface area contributed by atoms with Crippen LogP contribution in [0.25, 0.3) is 0 Å². The molecule has 1 unspecified atom stereocenters. The summed E-state index contributed by atoms with van der Waals surface area (Å²) in [4.78, 5) is 8.65. The van der Waals surface area contributed by atoms with Crippen LogP contribution in [0.1, 0.15) is 55.8 Å². The van der Waals surface area contributed by atoms with Crippen molar-refractivity contribution in [2.24, 2.45) is 5.73 Å². The van der Waals surface area contributed by atoms with Crippen molar-refractivity contribution in [3.05, 3.63) is 41.8 Å². The van der Waals surface area contributed by atoms with E-state index in [0.29, 0.717) is 17.6 Å². The highest BCUT2D eigenvalue weighted by atomic mass is 16.5. The molecule has 0 aliphatic heterocycles. The second-order valence-electron chi connectivity index (χ2n) is 5.77. The molecule has 2 aromatic heterocycles. The van der Waals surface area contributed by atoms with E-state index in [4.69, 9.17) is 10.3 Å². The zero-order chi connectivity index (χ0) is 14.0. The van der Waals surface area contributed by atoms with Crippen LogP contribution in [0.3, 0.4) is 0 Å². The van der Waals surface area contributed by atoms with Crippen molar-refractivity contribution in [1.82, 2.24) is 15.1 Å². The van der Waals surface area contributed by atoms with Crippen LogP contribution < -0.4 is 5.73 Å². The van der Waals surface area contributed by atoms with Crippen LogP contribution in [0.2, 0.25) is 0 Å². The Balaban J connectivity index is 1.71. The Bertz CT molecular complexity index is 560. The zero-order valence-corrected chi connectivity index (χ0v) is 11.7. The molecule has 0 aromatic carbocycles. The van der Waals surface area contributed by atoms with Crippen molar-refractivity contribution in [3.63, 3.8) is 0 Å². The van der Waals surface area contributed by atoms with Crippen molar-refractivity contribution in [2.45, 2.75) is 50.5 Å². The van der Waals surface area contributed by atoms with Gasteiger partial charge in [-0.25, -0.2) is 0 Å². The van der Waals surface area contributed by atoms with Gasteiger partial charge >= 0.3 is 0 Å². The third-order valence-corrected chi connectivity index (χ3v) is 4.14. The summed E-state index contributed by atoms with van der Waals surface area (Å²) in [5.74, 6) is 1.63. The first-order valence-electron chi connectivity index (χ1n) is 7.19. The van der Waals surface area contributed by atoms with E-state index < -0.39 is 0 Å². The predicted octanol–water partition coefficient (Wildman–Crippen LogP) is 2.54. The van der Waals surface area contributed by atoms with Crippen molar-refractivity contribution in [1.29, 1.82) is 0 Å². The van der Waals surface area contributed by atoms with Gasteiger partial charge in [0.1, 0.15) is 0 Å². The molecule has 0 saturated heterocycles. The normalized spacial score (nSPS) is 19.1. The number of hydrogen-bond acceptors (Lipinski definition) is 5. The highest BCUT2D eigenvalue weighted by Gasteiger charge is 2.36. The standard InChI is InChI=1S/C15H20N4O/c1-11(12-5-4-8-17-10-12)9-13-18-14(19-20-13)15(16)6-2-3-7-15/h4-5,8,10-11H,2-3,6-7,9,16H2,1H3. The average molecular weight is 272 g/mol. The fourth-order valence-electron chi connectivity index (χ4n) is 2.82. The molecule has 5 nitrogen and oxygen atoms in total. The minimum absolute atomic E-state index is 0.300. The molecule has 1 saturated carbocycles. The highest BCUT2D eigenvalue weighted by molar-refractivity contribution is 5.15. The first-order valence-corrected chi connectivity index (χ1v) is 7.19. The van der Waals surface area contributed by atoms with Gasteiger partial charge in [-0.15, -0.1) is 0 Å². The fourth-order valence-corrected chi connectivity index (χ4v) is 2.82. The maximum atomic E-state index is 6.34. The van der Waals surface area contributed by atoms with E-state index in [1.165, 1.54) is 5.56 Å². The van der Waals surface area contributed by atoms with Gasteiger partial charge in [0.15, 0.2) is 5.82 Å². The lowest BCUT2D eigenvalue weighted by molar-refractivity contribution is 0.345. The number of nitrogens with zero attached hydrogens (tertiary/aromatic N) is 3. The van der Waals surface area contributed by atoms with Crippen molar-refractivity contribution >= 4 is 0 Å². The third-order valence-electron chi connectivity index (χ3n) is 4.14. The average Bonchev–Trinajstić information content (AvgIpc) is 3.10. The molecule has 106 valence electrons. The second-order valence-corrected chi connectivity index (χ2v) is 5.77. The SMILES string of the molecule is CC(Cc1nc(C2(N)CCCC2)no1)c1cccnc1. The fraction of sp³-hybridized carbons (Fsp3) is 0.533. The Kier molecular flexibility index (Phi) is 3.53. The molecular weight excluding hydrogens is 252 g/mol. The molecule has 1 fully saturated rings. The van der Waals surface area contributed by atoms with Crippen molar-refractivity contribution in [3.8, 4) is 0 Å². The molecule has 2 N–H and O–H groups in total. The molecule has 0 amide bonds. The molecule has 0 bridgehead atoms. The van der Waals surface area contributed by atoms with Gasteiger partial charge in [-0.1, -0.05) is 31.0 Å². The maximum Gasteiger partial charge on any atom is 0.227 e. The van der Waals surface area contributed by atoms with E-state index in [0.717, 1.165) is 32.1 Å². The molecule has 5 heteroatoms. The Morgan fingerprint density at radius 3 is 2.90 bits per heavy atom. The lowest BCUT2D eigenvalue weighted by Crippen LogP contribution is -2.34. The summed E-state index contributed by atoms with van der Waals surface area (Å²) in [5.41, 5.74) is 7.14. The van der Waals surface area contributed by atoms with Crippen molar-refractivity contribution in [2.75, 3.05) is 0 Å². The Morgan fingerprint density at radius 1 is 1.40 bits per heavy atom. The quantitative estimate of drug-likeness (QED) is 0.925. The number of pyridine rings is 1. The summed E-state index contributed by atoms with van der Waals surface area (Å²) < 4.78 is 5.37. The van der Waals surface area contributed by atoms with Crippen molar-refractivity contribution < 1.29 is 4.52 Å². The molecule has 1 aliphatic rings. The van der Waals surface area contributed by atoms with Crippen LogP contribution in [-0.4, -0.2) is 15.1 Å². The number of hydrogen-bond donors (Lipinski definition) is 1. The minimum Gasteiger partial charge on any atom is -0.339 e. The Morgan fingerprint density at radius 2 is 2.20 bits per heavy atom. The molecular formula is C15H20N4O. The third kappa shape index (κ3) is 2.58. The summed E-state index contributed by atoms with van der Waals surface area (Å²) in [6.07, 6.45) is 8.56. The highest BCUT2D eigenvalue weighted by Crippen LogP contribution is 2.34. The molecule has 0 radical (unpaired) electrons.